The smallest absolute Gasteiger partial charge is 0.153 e. The van der Waals surface area contributed by atoms with Crippen LogP contribution in [-0.4, -0.2) is 19.3 Å². The fraction of sp³-hybridized carbons (Fsp3) is 0.300. The first-order valence-electron chi connectivity index (χ1n) is 23.5. The molecule has 1 fully saturated rings. The standard InChI is InChI=1S/C60H58O6/c1-57(2)35-58(3,4)37-59(36-57)52-13-8-7-12-47(52)54-50-32-49(46-27-26-45(62-5)31-39(46)34-61)53(63-6)33-51(50)56-48(55(54)59)28-30-60(66-56)29-10-9-11-38-14-18-41(19-15-38)64-43-22-24-44(25-23-43)65-42-20-16-40(60)17-21-42/h7-8,12-28,30-33,61H,9-11,29,34-37H2,1-6H3. The summed E-state index contributed by atoms with van der Waals surface area (Å²) in [5.41, 5.74) is 10.6. The molecule has 0 aromatic heterocycles. The topological polar surface area (TPSA) is 66.4 Å². The van der Waals surface area contributed by atoms with Gasteiger partial charge in [-0.25, -0.2) is 0 Å². The fourth-order valence-corrected chi connectivity index (χ4v) is 12.7. The number of aliphatic hydroxyl groups excluding tert-OH is 1. The average molecular weight is 875 g/mol. The number of methoxy groups -OCH3 is 2. The molecule has 7 aromatic carbocycles. The molecule has 1 N–H and O–H groups in total. The van der Waals surface area contributed by atoms with Gasteiger partial charge in [0.25, 0.3) is 0 Å². The minimum Gasteiger partial charge on any atom is -0.497 e. The van der Waals surface area contributed by atoms with E-state index in [0.29, 0.717) is 11.5 Å². The van der Waals surface area contributed by atoms with E-state index in [1.54, 1.807) is 14.2 Å². The summed E-state index contributed by atoms with van der Waals surface area (Å²) in [7, 11) is 3.39. The van der Waals surface area contributed by atoms with Crippen LogP contribution in [0.25, 0.3) is 39.1 Å². The number of benzene rings is 7. The normalized spacial score (nSPS) is 19.5. The van der Waals surface area contributed by atoms with E-state index < -0.39 is 5.60 Å². The first-order valence-corrected chi connectivity index (χ1v) is 23.5. The van der Waals surface area contributed by atoms with Gasteiger partial charge in [0.1, 0.15) is 40.2 Å². The highest BCUT2D eigenvalue weighted by Gasteiger charge is 2.55. The highest BCUT2D eigenvalue weighted by Crippen LogP contribution is 2.67. The van der Waals surface area contributed by atoms with Gasteiger partial charge in [-0.2, -0.15) is 0 Å². The van der Waals surface area contributed by atoms with Gasteiger partial charge in [-0.15, -0.1) is 0 Å². The van der Waals surface area contributed by atoms with Gasteiger partial charge in [0.15, 0.2) is 5.60 Å². The van der Waals surface area contributed by atoms with Crippen LogP contribution in [0.15, 0.2) is 133 Å². The number of hydrogen-bond acceptors (Lipinski definition) is 6. The molecular formula is C60H58O6. The molecule has 0 amide bonds. The molecule has 6 nitrogen and oxygen atoms in total. The lowest BCUT2D eigenvalue weighted by atomic mass is 9.52. The van der Waals surface area contributed by atoms with E-state index in [2.05, 4.69) is 125 Å². The van der Waals surface area contributed by atoms with Crippen LogP contribution >= 0.6 is 0 Å². The summed E-state index contributed by atoms with van der Waals surface area (Å²) in [4.78, 5) is 0. The van der Waals surface area contributed by atoms with E-state index in [0.717, 1.165) is 112 Å². The summed E-state index contributed by atoms with van der Waals surface area (Å²) < 4.78 is 32.4. The van der Waals surface area contributed by atoms with Gasteiger partial charge in [-0.1, -0.05) is 88.4 Å². The van der Waals surface area contributed by atoms with Crippen molar-refractivity contribution in [2.24, 2.45) is 10.8 Å². The summed E-state index contributed by atoms with van der Waals surface area (Å²) >= 11 is 0. The largest absolute Gasteiger partial charge is 0.497 e. The van der Waals surface area contributed by atoms with Gasteiger partial charge in [0.2, 0.25) is 0 Å². The van der Waals surface area contributed by atoms with Crippen LogP contribution in [0.1, 0.15) is 99.6 Å². The van der Waals surface area contributed by atoms with E-state index in [-0.39, 0.29) is 22.9 Å². The zero-order chi connectivity index (χ0) is 45.4. The van der Waals surface area contributed by atoms with Crippen molar-refractivity contribution in [1.29, 1.82) is 0 Å². The average Bonchev–Trinajstić information content (AvgIpc) is 3.57. The van der Waals surface area contributed by atoms with Crippen LogP contribution in [0.5, 0.6) is 40.2 Å². The van der Waals surface area contributed by atoms with Gasteiger partial charge in [-0.05, 0) is 185 Å². The third-order valence-corrected chi connectivity index (χ3v) is 14.7. The fourth-order valence-electron chi connectivity index (χ4n) is 12.7. The Labute approximate surface area is 388 Å². The van der Waals surface area contributed by atoms with Crippen molar-refractivity contribution in [3.8, 4) is 62.5 Å². The summed E-state index contributed by atoms with van der Waals surface area (Å²) in [6.45, 7) is 9.70. The minimum atomic E-state index is -0.773. The molecule has 2 spiro atoms. The molecule has 8 aliphatic rings. The second kappa shape index (κ2) is 15.8. The van der Waals surface area contributed by atoms with Crippen LogP contribution < -0.4 is 23.7 Å². The summed E-state index contributed by atoms with van der Waals surface area (Å²) in [6, 6.07) is 44.2. The second-order valence-electron chi connectivity index (χ2n) is 20.6. The van der Waals surface area contributed by atoms with Crippen molar-refractivity contribution < 1.29 is 28.8 Å². The molecule has 0 radical (unpaired) electrons. The summed E-state index contributed by atoms with van der Waals surface area (Å²) in [5, 5.41) is 12.9. The maximum atomic E-state index is 10.8. The van der Waals surface area contributed by atoms with Crippen LogP contribution in [0.2, 0.25) is 0 Å². The zero-order valence-electron chi connectivity index (χ0n) is 38.9. The molecule has 1 unspecified atom stereocenters. The SMILES string of the molecule is COc1ccc(-c2cc3c4c(c5c(c3cc2OC)OC2(C=C5)CCCCc3ccc(cc3)Oc3ccc(cc3)Oc3ccc2cc3)C2(CC(C)(C)CC(C)(C)C2)c2ccccc2-4)c(CO)c1. The molecule has 6 heterocycles. The molecule has 6 bridgehead atoms. The van der Waals surface area contributed by atoms with E-state index >= 15 is 0 Å². The maximum Gasteiger partial charge on any atom is 0.153 e. The quantitative estimate of drug-likeness (QED) is 0.190. The third kappa shape index (κ3) is 7.13. The molecule has 0 saturated heterocycles. The highest BCUT2D eigenvalue weighted by atomic mass is 16.5. The summed E-state index contributed by atoms with van der Waals surface area (Å²) in [6.07, 6.45) is 11.6. The number of aryl methyl sites for hydroxylation is 1. The number of hydrogen-bond donors (Lipinski definition) is 1. The van der Waals surface area contributed by atoms with Crippen LogP contribution in [0.3, 0.4) is 0 Å². The Balaban J connectivity index is 1.14. The van der Waals surface area contributed by atoms with Gasteiger partial charge in [0, 0.05) is 21.9 Å². The lowest BCUT2D eigenvalue weighted by Gasteiger charge is -2.52. The lowest BCUT2D eigenvalue weighted by molar-refractivity contribution is 0.0637. The van der Waals surface area contributed by atoms with E-state index in [1.165, 1.54) is 27.8 Å². The van der Waals surface area contributed by atoms with Crippen LogP contribution in [0.4, 0.5) is 0 Å². The number of rotatable bonds is 4. The number of fused-ring (bicyclic) bond motifs is 11. The molecule has 334 valence electrons. The van der Waals surface area contributed by atoms with Crippen LogP contribution in [0, 0.1) is 10.8 Å². The molecule has 7 aromatic rings. The van der Waals surface area contributed by atoms with Gasteiger partial charge >= 0.3 is 0 Å². The predicted molar refractivity (Wildman–Crippen MR) is 264 cm³/mol. The predicted octanol–water partition coefficient (Wildman–Crippen LogP) is 15.1. The first-order chi connectivity index (χ1) is 31.9. The van der Waals surface area contributed by atoms with E-state index in [4.69, 9.17) is 23.7 Å². The molecule has 1 atom stereocenters. The van der Waals surface area contributed by atoms with Crippen molar-refractivity contribution in [1.82, 2.24) is 0 Å². The monoisotopic (exact) mass is 874 g/mol. The highest BCUT2D eigenvalue weighted by molar-refractivity contribution is 6.10. The molecule has 1 saturated carbocycles. The minimum absolute atomic E-state index is 0.0858. The second-order valence-corrected chi connectivity index (χ2v) is 20.6. The first kappa shape index (κ1) is 42.2. The molecule has 6 aliphatic heterocycles. The van der Waals surface area contributed by atoms with Gasteiger partial charge in [-0.3, -0.25) is 0 Å². The Morgan fingerprint density at radius 2 is 1.27 bits per heavy atom. The van der Waals surface area contributed by atoms with E-state index in [1.807, 2.05) is 42.5 Å². The molecule has 66 heavy (non-hydrogen) atoms. The van der Waals surface area contributed by atoms with Crippen LogP contribution in [-0.2, 0) is 24.0 Å². The molecule has 6 heteroatoms. The number of ether oxygens (including phenoxy) is 5. The zero-order valence-corrected chi connectivity index (χ0v) is 38.9. The maximum absolute atomic E-state index is 10.8. The van der Waals surface area contributed by atoms with E-state index in [9.17, 15) is 5.11 Å². The number of aliphatic hydroxyl groups is 1. The Hall–Kier alpha value is -6.50. The Morgan fingerprint density at radius 3 is 1.92 bits per heavy atom. The molecule has 2 aliphatic carbocycles. The van der Waals surface area contributed by atoms with Crippen molar-refractivity contribution in [2.75, 3.05) is 14.2 Å². The Kier molecular flexibility index (Phi) is 10.1. The Morgan fingerprint density at radius 1 is 0.621 bits per heavy atom. The molecular weight excluding hydrogens is 817 g/mol. The molecule has 15 rings (SSSR count). The Bertz CT molecular complexity index is 3020. The van der Waals surface area contributed by atoms with Crippen molar-refractivity contribution in [2.45, 2.75) is 90.3 Å². The third-order valence-electron chi connectivity index (χ3n) is 14.7. The van der Waals surface area contributed by atoms with Crippen molar-refractivity contribution in [3.05, 3.63) is 167 Å². The van der Waals surface area contributed by atoms with Crippen molar-refractivity contribution >= 4 is 16.8 Å². The lowest BCUT2D eigenvalue weighted by Crippen LogP contribution is -2.44. The van der Waals surface area contributed by atoms with Crippen molar-refractivity contribution in [3.63, 3.8) is 0 Å². The van der Waals surface area contributed by atoms with Gasteiger partial charge in [0.05, 0.1) is 20.8 Å². The summed E-state index contributed by atoms with van der Waals surface area (Å²) in [5.74, 6) is 5.35. The van der Waals surface area contributed by atoms with Gasteiger partial charge < -0.3 is 28.8 Å².